The third-order valence-corrected chi connectivity index (χ3v) is 16.0. The van der Waals surface area contributed by atoms with Gasteiger partial charge < -0.3 is 0 Å². The van der Waals surface area contributed by atoms with Gasteiger partial charge >= 0.3 is 0 Å². The van der Waals surface area contributed by atoms with Crippen LogP contribution in [0.3, 0.4) is 0 Å². The van der Waals surface area contributed by atoms with Gasteiger partial charge in [-0.05, 0) is 124 Å². The summed E-state index contributed by atoms with van der Waals surface area (Å²) in [4.78, 5) is 30.6. The molecule has 0 aliphatic heterocycles. The minimum atomic E-state index is 0.681. The molecule has 0 unspecified atom stereocenters. The molecule has 0 atom stereocenters. The Hall–Kier alpha value is -10.8. The number of nitrogens with zero attached hydrogens (tertiary/aromatic N) is 6. The molecule has 0 radical (unpaired) electrons. The van der Waals surface area contributed by atoms with Gasteiger partial charge in [-0.1, -0.05) is 206 Å². The van der Waals surface area contributed by atoms with Crippen molar-refractivity contribution in [2.45, 2.75) is 0 Å². The molecule has 0 N–H and O–H groups in total. The highest BCUT2D eigenvalue weighted by Crippen LogP contribution is 2.42. The Balaban J connectivity index is 0.769. The smallest absolute Gasteiger partial charge is 0.161 e. The predicted molar refractivity (Wildman–Crippen MR) is 330 cm³/mol. The molecule has 0 amide bonds. The highest BCUT2D eigenvalue weighted by Gasteiger charge is 2.19. The fourth-order valence-corrected chi connectivity index (χ4v) is 11.9. The summed E-state index contributed by atoms with van der Waals surface area (Å²) in [5.74, 6) is 1.36. The average Bonchev–Trinajstić information content (AvgIpc) is 3.71. The standard InChI is InChI=1S/C74H44N6/c1-3-41-75-63(11-1)47-21-25-51(26-22-47)67-43-65(77-73(79-67)61-39-35-57-31-29-53-7-5-9-55-33-37-59(61)71(57)69(53)55)49-17-13-45(14-18-49)46-15-19-50(20-16-46)66-44-68(52-27-23-48(24-28-52)64-12-2-4-42-76-64)80-74(78-66)62-40-36-58-32-30-54-8-6-10-56-34-38-60(62)72(58)70(54)56/h1-44H. The van der Waals surface area contributed by atoms with Gasteiger partial charge in [-0.2, -0.15) is 0 Å². The van der Waals surface area contributed by atoms with E-state index >= 15 is 0 Å². The molecule has 80 heavy (non-hydrogen) atoms. The number of aromatic nitrogens is 6. The Labute approximate surface area is 460 Å². The summed E-state index contributed by atoms with van der Waals surface area (Å²) < 4.78 is 0. The molecule has 0 saturated heterocycles. The maximum Gasteiger partial charge on any atom is 0.161 e. The molecule has 12 aromatic carbocycles. The zero-order chi connectivity index (χ0) is 52.7. The second-order valence-electron chi connectivity index (χ2n) is 20.6. The van der Waals surface area contributed by atoms with Crippen molar-refractivity contribution < 1.29 is 0 Å². The van der Waals surface area contributed by atoms with E-state index in [2.05, 4.69) is 228 Å². The summed E-state index contributed by atoms with van der Waals surface area (Å²) in [5.41, 5.74) is 15.5. The summed E-state index contributed by atoms with van der Waals surface area (Å²) in [6.45, 7) is 0. The van der Waals surface area contributed by atoms with E-state index in [0.717, 1.165) is 101 Å². The van der Waals surface area contributed by atoms with Crippen molar-refractivity contribution in [1.82, 2.24) is 29.9 Å². The quantitative estimate of drug-likeness (QED) is 0.134. The molecule has 4 heterocycles. The number of pyridine rings is 2. The van der Waals surface area contributed by atoms with Crippen LogP contribution in [-0.2, 0) is 0 Å². The number of hydrogen-bond donors (Lipinski definition) is 0. The van der Waals surface area contributed by atoms with Gasteiger partial charge in [0.15, 0.2) is 11.6 Å². The van der Waals surface area contributed by atoms with Gasteiger partial charge in [-0.25, -0.2) is 19.9 Å². The lowest BCUT2D eigenvalue weighted by molar-refractivity contribution is 1.19. The lowest BCUT2D eigenvalue weighted by atomic mass is 9.91. The Morgan fingerprint density at radius 3 is 0.812 bits per heavy atom. The molecule has 4 aromatic heterocycles. The van der Waals surface area contributed by atoms with Crippen LogP contribution in [0.1, 0.15) is 0 Å². The van der Waals surface area contributed by atoms with Crippen LogP contribution in [0.25, 0.3) is 166 Å². The molecule has 0 aliphatic carbocycles. The van der Waals surface area contributed by atoms with Crippen molar-refractivity contribution in [2.24, 2.45) is 0 Å². The summed E-state index contributed by atoms with van der Waals surface area (Å²) in [5, 5.41) is 14.6. The molecule has 0 spiro atoms. The Bertz CT molecular complexity index is 4650. The lowest BCUT2D eigenvalue weighted by Crippen LogP contribution is -1.97. The second-order valence-corrected chi connectivity index (χ2v) is 20.6. The lowest BCUT2D eigenvalue weighted by Gasteiger charge is -2.15. The summed E-state index contributed by atoms with van der Waals surface area (Å²) in [6, 6.07) is 90.3. The van der Waals surface area contributed by atoms with Crippen molar-refractivity contribution in [3.63, 3.8) is 0 Å². The van der Waals surface area contributed by atoms with Crippen LogP contribution in [0.5, 0.6) is 0 Å². The second kappa shape index (κ2) is 18.4. The predicted octanol–water partition coefficient (Wildman–Crippen LogP) is 18.9. The molecule has 16 rings (SSSR count). The molecule has 0 aliphatic rings. The molecular weight excluding hydrogens is 973 g/mol. The van der Waals surface area contributed by atoms with Gasteiger partial charge in [0.05, 0.1) is 34.2 Å². The van der Waals surface area contributed by atoms with Crippen LogP contribution in [0.2, 0.25) is 0 Å². The number of rotatable bonds is 9. The first-order valence-electron chi connectivity index (χ1n) is 27.0. The minimum absolute atomic E-state index is 0.681. The summed E-state index contributed by atoms with van der Waals surface area (Å²) in [6.07, 6.45) is 3.66. The SMILES string of the molecule is c1ccc(-c2ccc(-c3cc(-c4ccc(-c5ccc(-c6cc(-c7ccc(-c8ccccn8)cc7)nc(-c7ccc8ccc9cccc%10ccc7c8c9%10)n6)cc5)cc4)nc(-c4ccc5ccc6cccc7ccc4c5c67)n3)cc2)nc1. The van der Waals surface area contributed by atoms with E-state index in [9.17, 15) is 0 Å². The van der Waals surface area contributed by atoms with Crippen LogP contribution in [0.15, 0.2) is 267 Å². The zero-order valence-corrected chi connectivity index (χ0v) is 43.1. The topological polar surface area (TPSA) is 77.3 Å². The van der Waals surface area contributed by atoms with E-state index in [4.69, 9.17) is 19.9 Å². The Morgan fingerprint density at radius 1 is 0.200 bits per heavy atom. The van der Waals surface area contributed by atoms with Crippen LogP contribution in [0, 0.1) is 0 Å². The fourth-order valence-electron chi connectivity index (χ4n) is 11.9. The van der Waals surface area contributed by atoms with Crippen LogP contribution < -0.4 is 0 Å². The molecule has 0 saturated carbocycles. The third-order valence-electron chi connectivity index (χ3n) is 16.0. The molecule has 6 nitrogen and oxygen atoms in total. The van der Waals surface area contributed by atoms with Gasteiger partial charge in [0.1, 0.15) is 0 Å². The van der Waals surface area contributed by atoms with E-state index in [-0.39, 0.29) is 0 Å². The Morgan fingerprint density at radius 2 is 0.487 bits per heavy atom. The molecule has 16 aromatic rings. The molecular formula is C74H44N6. The van der Waals surface area contributed by atoms with E-state index in [1.807, 2.05) is 48.8 Å². The van der Waals surface area contributed by atoms with E-state index in [0.29, 0.717) is 11.6 Å². The highest BCUT2D eigenvalue weighted by atomic mass is 14.9. The first-order valence-corrected chi connectivity index (χ1v) is 27.0. The first-order chi connectivity index (χ1) is 39.6. The van der Waals surface area contributed by atoms with Crippen molar-refractivity contribution in [1.29, 1.82) is 0 Å². The van der Waals surface area contributed by atoms with Gasteiger partial charge in [0.25, 0.3) is 0 Å². The number of benzene rings is 12. The van der Waals surface area contributed by atoms with Gasteiger partial charge in [-0.3, -0.25) is 9.97 Å². The van der Waals surface area contributed by atoms with Crippen molar-refractivity contribution in [3.8, 4) is 101 Å². The van der Waals surface area contributed by atoms with E-state index in [1.54, 1.807) is 0 Å². The summed E-state index contributed by atoms with van der Waals surface area (Å²) >= 11 is 0. The van der Waals surface area contributed by atoms with Crippen molar-refractivity contribution >= 4 is 64.6 Å². The van der Waals surface area contributed by atoms with Gasteiger partial charge in [-0.15, -0.1) is 0 Å². The molecule has 0 fully saturated rings. The normalized spacial score (nSPS) is 11.8. The maximum atomic E-state index is 5.37. The summed E-state index contributed by atoms with van der Waals surface area (Å²) in [7, 11) is 0. The minimum Gasteiger partial charge on any atom is -0.256 e. The molecule has 370 valence electrons. The van der Waals surface area contributed by atoms with Crippen LogP contribution >= 0.6 is 0 Å². The Kier molecular flexibility index (Phi) is 10.5. The monoisotopic (exact) mass is 1020 g/mol. The average molecular weight is 1020 g/mol. The molecule has 0 bridgehead atoms. The van der Waals surface area contributed by atoms with Crippen molar-refractivity contribution in [3.05, 3.63) is 267 Å². The first kappa shape index (κ1) is 45.4. The highest BCUT2D eigenvalue weighted by molar-refractivity contribution is 6.26. The third kappa shape index (κ3) is 7.72. The van der Waals surface area contributed by atoms with Crippen molar-refractivity contribution in [2.75, 3.05) is 0 Å². The van der Waals surface area contributed by atoms with Crippen LogP contribution in [-0.4, -0.2) is 29.9 Å². The largest absolute Gasteiger partial charge is 0.256 e. The van der Waals surface area contributed by atoms with E-state index in [1.165, 1.54) is 53.9 Å². The van der Waals surface area contributed by atoms with Crippen LogP contribution in [0.4, 0.5) is 0 Å². The number of hydrogen-bond acceptors (Lipinski definition) is 6. The zero-order valence-electron chi connectivity index (χ0n) is 43.1. The fraction of sp³-hybridized carbons (Fsp3) is 0. The maximum absolute atomic E-state index is 5.37. The van der Waals surface area contributed by atoms with Gasteiger partial charge in [0.2, 0.25) is 0 Å². The molecule has 6 heteroatoms. The van der Waals surface area contributed by atoms with Gasteiger partial charge in [0, 0.05) is 56.9 Å². The van der Waals surface area contributed by atoms with E-state index < -0.39 is 0 Å².